The Kier molecular flexibility index (Phi) is 3.25. The number of hydrogen-bond donors (Lipinski definition) is 0. The second-order valence-electron chi connectivity index (χ2n) is 4.62. The van der Waals surface area contributed by atoms with Gasteiger partial charge in [0.2, 0.25) is 0 Å². The van der Waals surface area contributed by atoms with Crippen LogP contribution in [0.5, 0.6) is 0 Å². The largest absolute Gasteiger partial charge is 0.305 e. The Hall–Kier alpha value is -2.56. The monoisotopic (exact) mass is 286 g/mol. The van der Waals surface area contributed by atoms with E-state index in [-0.39, 0.29) is 16.8 Å². The minimum atomic E-state index is -0.488. The van der Waals surface area contributed by atoms with Crippen molar-refractivity contribution in [2.45, 2.75) is 13.5 Å². The van der Waals surface area contributed by atoms with Gasteiger partial charge in [-0.1, -0.05) is 6.07 Å². The summed E-state index contributed by atoms with van der Waals surface area (Å²) in [6.45, 7) is 2.20. The summed E-state index contributed by atoms with van der Waals surface area (Å²) in [6.07, 6.45) is 0. The van der Waals surface area contributed by atoms with Crippen LogP contribution in [0.2, 0.25) is 0 Å². The third kappa shape index (κ3) is 2.20. The first-order valence-electron chi connectivity index (χ1n) is 6.57. The quantitative estimate of drug-likeness (QED) is 0.724. The van der Waals surface area contributed by atoms with Gasteiger partial charge in [0.15, 0.2) is 5.82 Å². The molecule has 106 valence electrons. The van der Waals surface area contributed by atoms with Gasteiger partial charge in [0.25, 0.3) is 5.56 Å². The van der Waals surface area contributed by atoms with Crippen LogP contribution in [-0.4, -0.2) is 9.55 Å². The van der Waals surface area contributed by atoms with Crippen molar-refractivity contribution in [3.63, 3.8) is 0 Å². The minimum absolute atomic E-state index is 0.120. The van der Waals surface area contributed by atoms with Crippen LogP contribution in [-0.2, 0) is 6.54 Å². The number of para-hydroxylation sites is 1. The number of hydrogen-bond acceptors (Lipinski definition) is 2. The number of nitrogens with zero attached hydrogens (tertiary/aromatic N) is 2. The van der Waals surface area contributed by atoms with Crippen LogP contribution in [0.1, 0.15) is 6.92 Å². The van der Waals surface area contributed by atoms with Gasteiger partial charge < -0.3 is 4.57 Å². The van der Waals surface area contributed by atoms with Crippen LogP contribution in [0.4, 0.5) is 8.78 Å². The molecule has 0 aliphatic carbocycles. The van der Waals surface area contributed by atoms with Gasteiger partial charge in [-0.15, -0.1) is 0 Å². The molecular weight excluding hydrogens is 274 g/mol. The average Bonchev–Trinajstić information content (AvgIpc) is 2.48. The molecule has 3 rings (SSSR count). The van der Waals surface area contributed by atoms with Crippen molar-refractivity contribution in [2.75, 3.05) is 0 Å². The van der Waals surface area contributed by atoms with E-state index >= 15 is 0 Å². The predicted octanol–water partition coefficient (Wildman–Crippen LogP) is 3.36. The Morgan fingerprint density at radius 1 is 1.10 bits per heavy atom. The van der Waals surface area contributed by atoms with E-state index in [0.29, 0.717) is 17.6 Å². The molecule has 0 radical (unpaired) electrons. The highest BCUT2D eigenvalue weighted by molar-refractivity contribution is 5.78. The summed E-state index contributed by atoms with van der Waals surface area (Å²) in [4.78, 5) is 16.6. The summed E-state index contributed by atoms with van der Waals surface area (Å²) in [5, 5.41) is 0. The van der Waals surface area contributed by atoms with E-state index in [9.17, 15) is 13.6 Å². The highest BCUT2D eigenvalue weighted by Gasteiger charge is 2.14. The minimum Gasteiger partial charge on any atom is -0.305 e. The lowest BCUT2D eigenvalue weighted by Gasteiger charge is -2.10. The Balaban J connectivity index is 2.38. The molecule has 0 spiro atoms. The lowest BCUT2D eigenvalue weighted by molar-refractivity contribution is 0.627. The van der Waals surface area contributed by atoms with Crippen molar-refractivity contribution in [3.05, 3.63) is 64.5 Å². The molecular formula is C16H12F2N2O. The number of aryl methyl sites for hydroxylation is 1. The van der Waals surface area contributed by atoms with Crippen molar-refractivity contribution in [2.24, 2.45) is 0 Å². The lowest BCUT2D eigenvalue weighted by Crippen LogP contribution is -2.23. The highest BCUT2D eigenvalue weighted by atomic mass is 19.1. The smallest absolute Gasteiger partial charge is 0.277 e. The van der Waals surface area contributed by atoms with Crippen molar-refractivity contribution < 1.29 is 8.78 Å². The molecule has 0 N–H and O–H groups in total. The van der Waals surface area contributed by atoms with E-state index in [1.165, 1.54) is 34.9 Å². The van der Waals surface area contributed by atoms with Gasteiger partial charge in [-0.2, -0.15) is 0 Å². The first-order chi connectivity index (χ1) is 10.1. The molecule has 2 aromatic carbocycles. The fraction of sp³-hybridized carbons (Fsp3) is 0.125. The summed E-state index contributed by atoms with van der Waals surface area (Å²) in [6, 6.07) is 9.93. The number of halogens is 2. The van der Waals surface area contributed by atoms with Crippen molar-refractivity contribution >= 4 is 11.0 Å². The maximum absolute atomic E-state index is 14.0. The van der Waals surface area contributed by atoms with Gasteiger partial charge in [0.05, 0.1) is 5.52 Å². The molecule has 0 aliphatic rings. The third-order valence-electron chi connectivity index (χ3n) is 3.36. The van der Waals surface area contributed by atoms with Gasteiger partial charge in [-0.3, -0.25) is 4.79 Å². The summed E-state index contributed by atoms with van der Waals surface area (Å²) < 4.78 is 28.4. The fourth-order valence-corrected chi connectivity index (χ4v) is 2.34. The number of rotatable bonds is 2. The molecule has 1 heterocycles. The number of fused-ring (bicyclic) bond motifs is 1. The molecule has 0 fully saturated rings. The molecule has 0 bridgehead atoms. The molecule has 5 heteroatoms. The molecule has 3 aromatic rings. The molecule has 0 unspecified atom stereocenters. The second kappa shape index (κ2) is 5.09. The van der Waals surface area contributed by atoms with Gasteiger partial charge >= 0.3 is 0 Å². The molecule has 21 heavy (non-hydrogen) atoms. The Morgan fingerprint density at radius 2 is 1.81 bits per heavy atom. The Bertz CT molecular complexity index is 870. The van der Waals surface area contributed by atoms with Crippen LogP contribution in [0.15, 0.2) is 47.3 Å². The standard InChI is InChI=1S/C16H12F2N2O/c1-2-20-13-5-3-4-12(18)15(13)19-14(16(20)21)10-6-8-11(17)9-7-10/h3-9H,2H2,1H3. The summed E-state index contributed by atoms with van der Waals surface area (Å²) >= 11 is 0. The summed E-state index contributed by atoms with van der Waals surface area (Å²) in [5.41, 5.74) is 0.858. The van der Waals surface area contributed by atoms with Crippen LogP contribution in [0.25, 0.3) is 22.3 Å². The predicted molar refractivity (Wildman–Crippen MR) is 77.0 cm³/mol. The van der Waals surface area contributed by atoms with E-state index in [0.717, 1.165) is 0 Å². The van der Waals surface area contributed by atoms with Crippen molar-refractivity contribution in [1.82, 2.24) is 9.55 Å². The molecule has 0 atom stereocenters. The molecule has 1 aromatic heterocycles. The fourth-order valence-electron chi connectivity index (χ4n) is 2.34. The zero-order valence-corrected chi connectivity index (χ0v) is 11.3. The van der Waals surface area contributed by atoms with Gasteiger partial charge in [-0.25, -0.2) is 13.8 Å². The molecule has 0 saturated carbocycles. The molecule has 3 nitrogen and oxygen atoms in total. The average molecular weight is 286 g/mol. The van der Waals surface area contributed by atoms with E-state index < -0.39 is 11.6 Å². The van der Waals surface area contributed by atoms with E-state index in [2.05, 4.69) is 4.98 Å². The maximum Gasteiger partial charge on any atom is 0.277 e. The molecule has 0 aliphatic heterocycles. The normalized spacial score (nSPS) is 11.0. The van der Waals surface area contributed by atoms with Crippen molar-refractivity contribution in [1.29, 1.82) is 0 Å². The van der Waals surface area contributed by atoms with Crippen LogP contribution in [0.3, 0.4) is 0 Å². The third-order valence-corrected chi connectivity index (χ3v) is 3.36. The zero-order chi connectivity index (χ0) is 15.0. The summed E-state index contributed by atoms with van der Waals surface area (Å²) in [7, 11) is 0. The van der Waals surface area contributed by atoms with Crippen LogP contribution < -0.4 is 5.56 Å². The van der Waals surface area contributed by atoms with Crippen LogP contribution >= 0.6 is 0 Å². The topological polar surface area (TPSA) is 34.9 Å². The van der Waals surface area contributed by atoms with Gasteiger partial charge in [0, 0.05) is 12.1 Å². The van der Waals surface area contributed by atoms with Gasteiger partial charge in [-0.05, 0) is 43.3 Å². The van der Waals surface area contributed by atoms with E-state index in [4.69, 9.17) is 0 Å². The number of benzene rings is 2. The molecule has 0 saturated heterocycles. The van der Waals surface area contributed by atoms with Crippen molar-refractivity contribution in [3.8, 4) is 11.3 Å². The first kappa shape index (κ1) is 13.4. The van der Waals surface area contributed by atoms with Crippen LogP contribution in [0, 0.1) is 11.6 Å². The second-order valence-corrected chi connectivity index (χ2v) is 4.62. The highest BCUT2D eigenvalue weighted by Crippen LogP contribution is 2.20. The SMILES string of the molecule is CCn1c(=O)c(-c2ccc(F)cc2)nc2c(F)cccc21. The molecule has 0 amide bonds. The zero-order valence-electron chi connectivity index (χ0n) is 11.3. The number of aromatic nitrogens is 2. The lowest BCUT2D eigenvalue weighted by atomic mass is 10.1. The van der Waals surface area contributed by atoms with Gasteiger partial charge in [0.1, 0.15) is 17.0 Å². The maximum atomic E-state index is 14.0. The summed E-state index contributed by atoms with van der Waals surface area (Å²) in [5.74, 6) is -0.889. The van der Waals surface area contributed by atoms with E-state index in [1.54, 1.807) is 19.1 Å². The Labute approximate surface area is 119 Å². The first-order valence-corrected chi connectivity index (χ1v) is 6.57. The van der Waals surface area contributed by atoms with E-state index in [1.807, 2.05) is 0 Å². The Morgan fingerprint density at radius 3 is 2.48 bits per heavy atom.